The lowest BCUT2D eigenvalue weighted by atomic mass is 9.93. The molecule has 1 aromatic rings. The van der Waals surface area contributed by atoms with Crippen LogP contribution in [0.3, 0.4) is 0 Å². The lowest BCUT2D eigenvalue weighted by molar-refractivity contribution is -0.124. The van der Waals surface area contributed by atoms with Gasteiger partial charge in [0.2, 0.25) is 17.8 Å². The summed E-state index contributed by atoms with van der Waals surface area (Å²) >= 11 is 0. The molecule has 1 saturated heterocycles. The smallest absolute Gasteiger partial charge is 0.231 e. The number of carbonyl (C=O) groups is 2. The fraction of sp³-hybridized carbons (Fsp3) is 0.655. The van der Waals surface area contributed by atoms with Crippen LogP contribution in [0.1, 0.15) is 58.3 Å². The number of carbonyl (C=O) groups excluding carboxylic acids is 2. The van der Waals surface area contributed by atoms with E-state index in [9.17, 15) is 9.59 Å². The number of hydrogen-bond donors (Lipinski definition) is 2. The molecule has 0 radical (unpaired) electrons. The van der Waals surface area contributed by atoms with Crippen molar-refractivity contribution in [2.45, 2.75) is 70.4 Å². The van der Waals surface area contributed by atoms with Crippen molar-refractivity contribution in [3.05, 3.63) is 29.8 Å². The van der Waals surface area contributed by atoms with Crippen LogP contribution in [0, 0.1) is 11.8 Å². The second-order valence-corrected chi connectivity index (χ2v) is 11.6. The first-order valence-corrected chi connectivity index (χ1v) is 14.5. The van der Waals surface area contributed by atoms with Gasteiger partial charge < -0.3 is 30.1 Å². The third-order valence-electron chi connectivity index (χ3n) is 8.68. The van der Waals surface area contributed by atoms with E-state index < -0.39 is 0 Å². The molecule has 3 heterocycles. The summed E-state index contributed by atoms with van der Waals surface area (Å²) in [5.74, 6) is 1.59. The van der Waals surface area contributed by atoms with Gasteiger partial charge in [-0.15, -0.1) is 0 Å². The Bertz CT molecular complexity index is 1120. The molecule has 2 atom stereocenters. The van der Waals surface area contributed by atoms with Crippen molar-refractivity contribution in [1.29, 1.82) is 0 Å². The number of anilines is 3. The van der Waals surface area contributed by atoms with Crippen molar-refractivity contribution < 1.29 is 14.3 Å². The predicted octanol–water partition coefficient (Wildman–Crippen LogP) is 3.28. The Balaban J connectivity index is 1.33. The molecule has 5 rings (SSSR count). The Morgan fingerprint density at radius 1 is 1.10 bits per heavy atom. The standard InChI is InChI=1S/C29H43N7O3/c1-19-18-36(22-8-6-5-7-9-22)26-24(35(3)28(19)38)17-30-29(33-26)32-23-11-10-20(16-25(23)39-4)27(37)31-21-12-14-34(2)15-13-21/h11,16-17,19-22H,5-10,12-15,18H2,1-4H3,(H,31,37)(H,30,32,33). The number of nitrogens with zero attached hydrogens (tertiary/aromatic N) is 5. The first-order chi connectivity index (χ1) is 18.8. The molecule has 1 saturated carbocycles. The monoisotopic (exact) mass is 537 g/mol. The maximum atomic E-state index is 13.0. The molecule has 2 unspecified atom stereocenters. The number of rotatable bonds is 6. The summed E-state index contributed by atoms with van der Waals surface area (Å²) in [7, 11) is 5.54. The van der Waals surface area contributed by atoms with Crippen LogP contribution >= 0.6 is 0 Å². The van der Waals surface area contributed by atoms with Crippen molar-refractivity contribution in [2.75, 3.05) is 56.0 Å². The Morgan fingerprint density at radius 2 is 1.85 bits per heavy atom. The Hall–Kier alpha value is -3.14. The van der Waals surface area contributed by atoms with Gasteiger partial charge in [0.1, 0.15) is 11.4 Å². The third-order valence-corrected chi connectivity index (χ3v) is 8.68. The Labute approximate surface area is 231 Å². The maximum absolute atomic E-state index is 13.0. The number of amides is 2. The van der Waals surface area contributed by atoms with Crippen molar-refractivity contribution in [1.82, 2.24) is 20.2 Å². The number of piperidine rings is 1. The maximum Gasteiger partial charge on any atom is 0.231 e. The van der Waals surface area contributed by atoms with Crippen LogP contribution in [0.15, 0.2) is 29.8 Å². The third kappa shape index (κ3) is 6.05. The molecule has 2 fully saturated rings. The molecule has 39 heavy (non-hydrogen) atoms. The number of nitrogens with one attached hydrogen (secondary N) is 2. The molecule has 0 aromatic carbocycles. The van der Waals surface area contributed by atoms with Crippen LogP contribution in [0.5, 0.6) is 0 Å². The average Bonchev–Trinajstić information content (AvgIpc) is 3.05. The molecule has 0 spiro atoms. The largest absolute Gasteiger partial charge is 0.495 e. The number of ether oxygens (including phenoxy) is 1. The van der Waals surface area contributed by atoms with E-state index in [-0.39, 0.29) is 29.7 Å². The quantitative estimate of drug-likeness (QED) is 0.570. The van der Waals surface area contributed by atoms with Gasteiger partial charge >= 0.3 is 0 Å². The van der Waals surface area contributed by atoms with E-state index >= 15 is 0 Å². The second kappa shape index (κ2) is 11.9. The average molecular weight is 538 g/mol. The topological polar surface area (TPSA) is 103 Å². The molecule has 2 amide bonds. The van der Waals surface area contributed by atoms with Crippen LogP contribution in [0.25, 0.3) is 0 Å². The summed E-state index contributed by atoms with van der Waals surface area (Å²) in [6.07, 6.45) is 14.0. The normalized spacial score (nSPS) is 25.4. The molecule has 212 valence electrons. The lowest BCUT2D eigenvalue weighted by Crippen LogP contribution is -2.45. The highest BCUT2D eigenvalue weighted by Gasteiger charge is 2.35. The predicted molar refractivity (Wildman–Crippen MR) is 152 cm³/mol. The van der Waals surface area contributed by atoms with Crippen molar-refractivity contribution in [3.63, 3.8) is 0 Å². The molecule has 4 aliphatic rings. The van der Waals surface area contributed by atoms with Gasteiger partial charge in [-0.3, -0.25) is 9.59 Å². The highest BCUT2D eigenvalue weighted by atomic mass is 16.5. The summed E-state index contributed by atoms with van der Waals surface area (Å²) in [4.78, 5) is 41.9. The molecule has 1 aromatic heterocycles. The van der Waals surface area contributed by atoms with Gasteiger partial charge in [-0.05, 0) is 58.3 Å². The second-order valence-electron chi connectivity index (χ2n) is 11.6. The zero-order chi connectivity index (χ0) is 27.5. The number of allylic oxidation sites excluding steroid dienone is 1. The minimum atomic E-state index is -0.277. The lowest BCUT2D eigenvalue weighted by Gasteiger charge is -2.36. The molecular formula is C29H43N7O3. The van der Waals surface area contributed by atoms with Gasteiger partial charge in [0, 0.05) is 25.7 Å². The van der Waals surface area contributed by atoms with Crippen molar-refractivity contribution in [3.8, 4) is 0 Å². The Morgan fingerprint density at radius 3 is 2.56 bits per heavy atom. The molecule has 2 N–H and O–H groups in total. The summed E-state index contributed by atoms with van der Waals surface area (Å²) in [6.45, 7) is 4.65. The van der Waals surface area contributed by atoms with Gasteiger partial charge in [-0.2, -0.15) is 4.98 Å². The van der Waals surface area contributed by atoms with Crippen molar-refractivity contribution >= 4 is 29.3 Å². The molecule has 0 bridgehead atoms. The van der Waals surface area contributed by atoms with Crippen molar-refractivity contribution in [2.24, 2.45) is 11.8 Å². The molecule has 10 heteroatoms. The number of likely N-dealkylation sites (tertiary alicyclic amines) is 1. The van der Waals surface area contributed by atoms with Crippen LogP contribution in [-0.2, 0) is 14.3 Å². The fourth-order valence-electron chi connectivity index (χ4n) is 6.24. The molecule has 10 nitrogen and oxygen atoms in total. The molecular weight excluding hydrogens is 494 g/mol. The van der Waals surface area contributed by atoms with Gasteiger partial charge in [0.15, 0.2) is 5.82 Å². The van der Waals surface area contributed by atoms with Gasteiger partial charge in [-0.1, -0.05) is 32.3 Å². The zero-order valence-corrected chi connectivity index (χ0v) is 23.8. The van der Waals surface area contributed by atoms with E-state index in [2.05, 4.69) is 32.5 Å². The van der Waals surface area contributed by atoms with E-state index in [1.807, 2.05) is 26.1 Å². The van der Waals surface area contributed by atoms with E-state index in [1.54, 1.807) is 18.2 Å². The SMILES string of the molecule is COC1=CC(C(=O)NC2CCN(C)CC2)CC=C1Nc1ncc2c(n1)N(C1CCCCC1)CC(C)C(=O)N2C. The van der Waals surface area contributed by atoms with E-state index in [0.29, 0.717) is 30.7 Å². The zero-order valence-electron chi connectivity index (χ0n) is 23.8. The van der Waals surface area contributed by atoms with Crippen LogP contribution in [-0.4, -0.2) is 79.6 Å². The highest BCUT2D eigenvalue weighted by molar-refractivity contribution is 5.98. The van der Waals surface area contributed by atoms with Crippen LogP contribution in [0.4, 0.5) is 17.5 Å². The minimum Gasteiger partial charge on any atom is -0.495 e. The number of aromatic nitrogens is 2. The fourth-order valence-corrected chi connectivity index (χ4v) is 6.24. The summed E-state index contributed by atoms with van der Waals surface area (Å²) in [5.41, 5.74) is 1.49. The van der Waals surface area contributed by atoms with Gasteiger partial charge in [-0.25, -0.2) is 4.98 Å². The highest BCUT2D eigenvalue weighted by Crippen LogP contribution is 2.37. The minimum absolute atomic E-state index is 0.0423. The first kappa shape index (κ1) is 27.4. The Kier molecular flexibility index (Phi) is 8.40. The number of hydrogen-bond acceptors (Lipinski definition) is 8. The molecule has 2 aliphatic carbocycles. The van der Waals surface area contributed by atoms with Crippen LogP contribution in [0.2, 0.25) is 0 Å². The summed E-state index contributed by atoms with van der Waals surface area (Å²) < 4.78 is 5.68. The van der Waals surface area contributed by atoms with Gasteiger partial charge in [0.05, 0.1) is 30.8 Å². The first-order valence-electron chi connectivity index (χ1n) is 14.5. The molecule has 2 aliphatic heterocycles. The van der Waals surface area contributed by atoms with Gasteiger partial charge in [0.25, 0.3) is 0 Å². The van der Waals surface area contributed by atoms with E-state index in [4.69, 9.17) is 9.72 Å². The number of methoxy groups -OCH3 is 1. The van der Waals surface area contributed by atoms with E-state index in [1.165, 1.54) is 19.3 Å². The summed E-state index contributed by atoms with van der Waals surface area (Å²) in [5, 5.41) is 6.56. The van der Waals surface area contributed by atoms with Crippen LogP contribution < -0.4 is 20.4 Å². The van der Waals surface area contributed by atoms with E-state index in [0.717, 1.165) is 56.0 Å². The summed E-state index contributed by atoms with van der Waals surface area (Å²) in [6, 6.07) is 0.596. The number of fused-ring (bicyclic) bond motifs is 1.